The number of rotatable bonds is 0. The number of hydrogen-bond acceptors (Lipinski definition) is 2. The largest absolute Gasteiger partial charge is 0.507 e. The molecule has 0 spiro atoms. The van der Waals surface area contributed by atoms with Crippen molar-refractivity contribution < 1.29 is 24.5 Å². The van der Waals surface area contributed by atoms with Gasteiger partial charge in [-0.15, -0.1) is 0 Å². The Morgan fingerprint density at radius 3 is 1.10 bits per heavy atom. The lowest BCUT2D eigenvalue weighted by atomic mass is 9.79. The summed E-state index contributed by atoms with van der Waals surface area (Å²) in [6, 6.07) is 9.85. The molecule has 0 radical (unpaired) electrons. The number of hydrogen-bond donors (Lipinski definition) is 2. The van der Waals surface area contributed by atoms with Crippen LogP contribution < -0.4 is 0 Å². The molecule has 48 heavy (non-hydrogen) atoms. The molecule has 0 heterocycles. The first-order chi connectivity index (χ1) is 23.6. The summed E-state index contributed by atoms with van der Waals surface area (Å²) >= 11 is 0. The quantitative estimate of drug-likeness (QED) is 0.198. The van der Waals surface area contributed by atoms with E-state index in [1.807, 2.05) is 95.2 Å². The third-order valence-corrected chi connectivity index (χ3v) is 9.32. The van der Waals surface area contributed by atoms with Crippen LogP contribution in [0.15, 0.2) is 48.5 Å². The van der Waals surface area contributed by atoms with E-state index < -0.39 is 46.1 Å². The molecular weight excluding hydrogens is 598 g/mol. The monoisotopic (exact) mass is 656 g/mol. The molecule has 4 aromatic rings. The summed E-state index contributed by atoms with van der Waals surface area (Å²) < 4.78 is 71.5. The van der Waals surface area contributed by atoms with Gasteiger partial charge in [0.05, 0.1) is 2.74 Å². The zero-order valence-corrected chi connectivity index (χ0v) is 30.7. The summed E-state index contributed by atoms with van der Waals surface area (Å²) in [5.74, 6) is -1.86. The molecule has 2 nitrogen and oxygen atoms in total. The standard InChI is InChI=1S/C44H54F2O2/c1-41(2,3)33-21-29-15-25-13-28(38(46)35(17-25)43(7,8)9)20-32-24-34(42(4,5)6)22-30(40(32)48)16-26-14-27(19-31(23-33)39(29)47)37(45)36(18-26)44(10,11)12/h13-14,17-18,21-24,47-48H,15-16,19-20H2,1-12H3/i13D,14D,19D,20D/t19-,20-/m1/s1. The van der Waals surface area contributed by atoms with Gasteiger partial charge in [-0.1, -0.05) is 132 Å². The van der Waals surface area contributed by atoms with Crippen LogP contribution in [0.25, 0.3) is 0 Å². The lowest BCUT2D eigenvalue weighted by Gasteiger charge is -2.26. The molecule has 8 bridgehead atoms. The van der Waals surface area contributed by atoms with Crippen LogP contribution in [0.1, 0.15) is 155 Å². The normalized spacial score (nSPS) is 18.5. The molecule has 4 heteroatoms. The SMILES string of the molecule is [2H]c1c2cc(C(C)(C)C)c(F)c1[C@@H]([2H])c1cc(C(C)(C)C)cc(c1O)Cc1cc(C(C)(C)C)c(F)c(c1[2H])[C@@H]([2H])c1cc(C(C)(C)C)cc(c1O)C2. The molecule has 256 valence electrons. The summed E-state index contributed by atoms with van der Waals surface area (Å²) in [5, 5.41) is 23.9. The van der Waals surface area contributed by atoms with Gasteiger partial charge in [0.1, 0.15) is 23.1 Å². The fourth-order valence-corrected chi connectivity index (χ4v) is 6.29. The molecule has 0 amide bonds. The maximum Gasteiger partial charge on any atom is 0.130 e. The summed E-state index contributed by atoms with van der Waals surface area (Å²) in [4.78, 5) is 0. The Hall–Kier alpha value is -3.66. The van der Waals surface area contributed by atoms with Gasteiger partial charge in [-0.2, -0.15) is 0 Å². The Labute approximate surface area is 292 Å². The van der Waals surface area contributed by atoms with Crippen molar-refractivity contribution in [3.8, 4) is 11.5 Å². The fourth-order valence-electron chi connectivity index (χ4n) is 6.29. The van der Waals surface area contributed by atoms with Crippen molar-refractivity contribution in [3.63, 3.8) is 0 Å². The minimum Gasteiger partial charge on any atom is -0.507 e. The van der Waals surface area contributed by atoms with Gasteiger partial charge in [0.15, 0.2) is 0 Å². The predicted molar refractivity (Wildman–Crippen MR) is 195 cm³/mol. The van der Waals surface area contributed by atoms with Crippen LogP contribution in [0.2, 0.25) is 0 Å². The molecule has 5 rings (SSSR count). The van der Waals surface area contributed by atoms with E-state index in [4.69, 9.17) is 0 Å². The predicted octanol–water partition coefficient (Wildman–Crippen LogP) is 11.2. The third kappa shape index (κ3) is 7.19. The molecule has 4 aromatic carbocycles. The summed E-state index contributed by atoms with van der Waals surface area (Å²) in [7, 11) is 0. The Morgan fingerprint density at radius 1 is 0.500 bits per heavy atom. The molecule has 0 saturated heterocycles. The van der Waals surface area contributed by atoms with Gasteiger partial charge in [-0.25, -0.2) is 8.78 Å². The molecule has 2 atom stereocenters. The second kappa shape index (κ2) is 12.0. The van der Waals surface area contributed by atoms with Crippen molar-refractivity contribution >= 4 is 0 Å². The molecule has 0 aromatic heterocycles. The highest BCUT2D eigenvalue weighted by atomic mass is 19.1. The van der Waals surface area contributed by atoms with E-state index in [0.29, 0.717) is 33.4 Å². The van der Waals surface area contributed by atoms with Crippen LogP contribution in [0, 0.1) is 11.6 Å². The van der Waals surface area contributed by atoms with E-state index in [9.17, 15) is 15.7 Å². The smallest absolute Gasteiger partial charge is 0.130 e. The topological polar surface area (TPSA) is 40.5 Å². The maximum absolute atomic E-state index is 16.8. The van der Waals surface area contributed by atoms with E-state index >= 15 is 8.78 Å². The van der Waals surface area contributed by atoms with E-state index in [1.54, 1.807) is 24.3 Å². The van der Waals surface area contributed by atoms with Crippen molar-refractivity contribution in [1.82, 2.24) is 0 Å². The zero-order chi connectivity index (χ0) is 39.2. The van der Waals surface area contributed by atoms with Gasteiger partial charge in [0.25, 0.3) is 0 Å². The van der Waals surface area contributed by atoms with Crippen molar-refractivity contribution in [3.05, 3.63) is 127 Å². The Morgan fingerprint density at radius 2 is 0.812 bits per heavy atom. The van der Waals surface area contributed by atoms with Crippen molar-refractivity contribution in [2.24, 2.45) is 0 Å². The van der Waals surface area contributed by atoms with Crippen LogP contribution in [0.3, 0.4) is 0 Å². The van der Waals surface area contributed by atoms with E-state index in [-0.39, 0.29) is 58.7 Å². The van der Waals surface area contributed by atoms with Gasteiger partial charge >= 0.3 is 0 Å². The highest BCUT2D eigenvalue weighted by Crippen LogP contribution is 2.40. The lowest BCUT2D eigenvalue weighted by molar-refractivity contribution is 0.460. The first-order valence-electron chi connectivity index (χ1n) is 19.0. The third-order valence-electron chi connectivity index (χ3n) is 9.32. The molecule has 0 aliphatic heterocycles. The number of phenols is 2. The minimum atomic E-state index is -1.49. The van der Waals surface area contributed by atoms with Crippen LogP contribution >= 0.6 is 0 Å². The molecular formula is C44H54F2O2. The van der Waals surface area contributed by atoms with Gasteiger partial charge in [-0.3, -0.25) is 0 Å². The van der Waals surface area contributed by atoms with Gasteiger partial charge in [-0.05, 0) is 88.4 Å². The number of fused-ring (bicyclic) bond motifs is 8. The number of phenolic OH excluding ortho intramolecular Hbond substituents is 2. The number of aromatic hydroxyl groups is 2. The summed E-state index contributed by atoms with van der Waals surface area (Å²) in [6.07, 6.45) is -3.04. The number of benzene rings is 4. The Bertz CT molecular complexity index is 1930. The van der Waals surface area contributed by atoms with E-state index in [2.05, 4.69) is 0 Å². The van der Waals surface area contributed by atoms with Crippen molar-refractivity contribution in [2.45, 2.75) is 130 Å². The zero-order valence-electron chi connectivity index (χ0n) is 34.7. The maximum atomic E-state index is 16.8. The van der Waals surface area contributed by atoms with Crippen molar-refractivity contribution in [2.75, 3.05) is 0 Å². The fraction of sp³-hybridized carbons (Fsp3) is 0.455. The van der Waals surface area contributed by atoms with Gasteiger partial charge in [0, 0.05) is 28.4 Å². The Kier molecular flexibility index (Phi) is 7.62. The molecule has 0 unspecified atom stereocenters. The molecule has 1 aliphatic rings. The van der Waals surface area contributed by atoms with Crippen LogP contribution in [0.4, 0.5) is 8.78 Å². The highest BCUT2D eigenvalue weighted by molar-refractivity contribution is 5.54. The number of halogens is 2. The molecule has 0 saturated carbocycles. The average Bonchev–Trinajstić information content (AvgIpc) is 2.98. The molecule has 2 N–H and O–H groups in total. The van der Waals surface area contributed by atoms with Crippen LogP contribution in [-0.2, 0) is 47.3 Å². The second-order valence-corrected chi connectivity index (χ2v) is 17.7. The van der Waals surface area contributed by atoms with E-state index in [0.717, 1.165) is 11.1 Å². The van der Waals surface area contributed by atoms with Crippen LogP contribution in [0.5, 0.6) is 11.5 Å². The Balaban J connectivity index is 2.01. The average molecular weight is 657 g/mol. The lowest BCUT2D eigenvalue weighted by Crippen LogP contribution is -2.17. The minimum absolute atomic E-state index is 0.0276. The first-order valence-corrected chi connectivity index (χ1v) is 16.9. The summed E-state index contributed by atoms with van der Waals surface area (Å²) in [6.45, 7) is 23.1. The second-order valence-electron chi connectivity index (χ2n) is 17.7. The van der Waals surface area contributed by atoms with Crippen molar-refractivity contribution in [1.29, 1.82) is 0 Å². The van der Waals surface area contributed by atoms with Gasteiger partial charge in [0.2, 0.25) is 0 Å². The first kappa shape index (κ1) is 30.4. The van der Waals surface area contributed by atoms with E-state index in [1.165, 1.54) is 0 Å². The molecule has 0 fully saturated rings. The summed E-state index contributed by atoms with van der Waals surface area (Å²) in [5.41, 5.74) is 1.19. The molecule has 1 aliphatic carbocycles. The highest BCUT2D eigenvalue weighted by Gasteiger charge is 2.28. The van der Waals surface area contributed by atoms with Crippen LogP contribution in [-0.4, -0.2) is 10.2 Å². The van der Waals surface area contributed by atoms with Gasteiger partial charge < -0.3 is 10.2 Å².